The lowest BCUT2D eigenvalue weighted by molar-refractivity contribution is -0.145. The fourth-order valence-corrected chi connectivity index (χ4v) is 11.7. The standard InChI is InChI=1S/C36H64O/c1-25(14-18-33(5)19-15-27(37-9)16-20-33)29-12-13-30-28-11-10-26-24-34(6,32(2,3)4)22-23-35(26,7)31(28)17-21-36(29,30)8/h25-31H,10-24H2,1-9H3/t25-,26+,27?,28+,29-,30+,31+,33?,34-,35+,36-/m1/s1. The molecule has 0 aliphatic heterocycles. The van der Waals surface area contributed by atoms with Gasteiger partial charge in [0.25, 0.3) is 0 Å². The van der Waals surface area contributed by atoms with Gasteiger partial charge in [-0.3, -0.25) is 0 Å². The molecule has 0 bridgehead atoms. The average Bonchev–Trinajstić information content (AvgIpc) is 3.20. The van der Waals surface area contributed by atoms with E-state index in [4.69, 9.17) is 4.74 Å². The summed E-state index contributed by atoms with van der Waals surface area (Å²) in [7, 11) is 1.91. The minimum Gasteiger partial charge on any atom is -0.381 e. The van der Waals surface area contributed by atoms with Crippen LogP contribution >= 0.6 is 0 Å². The normalized spacial score (nSPS) is 51.2. The Morgan fingerprint density at radius 1 is 0.757 bits per heavy atom. The molecular weight excluding hydrogens is 448 g/mol. The molecule has 0 aromatic carbocycles. The highest BCUT2D eigenvalue weighted by Gasteiger charge is 2.62. The topological polar surface area (TPSA) is 9.23 Å². The SMILES string of the molecule is COC1CCC(C)(CC[C@@H](C)[C@H]2CC[C@H]3[C@@H]4CC[C@H]5C[C@](C)(C(C)(C)C)CC[C@]5(C)[C@H]4CC[C@]23C)CC1. The summed E-state index contributed by atoms with van der Waals surface area (Å²) in [5.74, 6) is 5.90. The molecule has 5 rings (SSSR count). The number of hydrogen-bond donors (Lipinski definition) is 0. The van der Waals surface area contributed by atoms with Crippen molar-refractivity contribution in [3.8, 4) is 0 Å². The molecule has 37 heavy (non-hydrogen) atoms. The predicted octanol–water partition coefficient (Wildman–Crippen LogP) is 10.7. The van der Waals surface area contributed by atoms with Gasteiger partial charge in [-0.05, 0) is 159 Å². The van der Waals surface area contributed by atoms with Crippen molar-refractivity contribution in [1.82, 2.24) is 0 Å². The lowest BCUT2D eigenvalue weighted by Gasteiger charge is -2.64. The highest BCUT2D eigenvalue weighted by Crippen LogP contribution is 2.70. The fraction of sp³-hybridized carbons (Fsp3) is 1.00. The van der Waals surface area contributed by atoms with Crippen molar-refractivity contribution in [2.24, 2.45) is 62.6 Å². The number of ether oxygens (including phenoxy) is 1. The summed E-state index contributed by atoms with van der Waals surface area (Å²) >= 11 is 0. The van der Waals surface area contributed by atoms with Crippen molar-refractivity contribution < 1.29 is 4.74 Å². The molecule has 0 aromatic heterocycles. The minimum atomic E-state index is 0.436. The van der Waals surface area contributed by atoms with Crippen LogP contribution in [0.15, 0.2) is 0 Å². The molecule has 0 saturated heterocycles. The van der Waals surface area contributed by atoms with Gasteiger partial charge in [-0.1, -0.05) is 55.4 Å². The van der Waals surface area contributed by atoms with E-state index < -0.39 is 0 Å². The van der Waals surface area contributed by atoms with Gasteiger partial charge < -0.3 is 4.74 Å². The van der Waals surface area contributed by atoms with Crippen molar-refractivity contribution in [3.05, 3.63) is 0 Å². The van der Waals surface area contributed by atoms with Gasteiger partial charge in [-0.25, -0.2) is 0 Å². The average molecular weight is 513 g/mol. The van der Waals surface area contributed by atoms with Crippen LogP contribution < -0.4 is 0 Å². The molecule has 0 heterocycles. The second-order valence-corrected chi connectivity index (χ2v) is 17.7. The van der Waals surface area contributed by atoms with E-state index in [1.54, 1.807) is 12.8 Å². The van der Waals surface area contributed by atoms with Gasteiger partial charge in [0.05, 0.1) is 6.10 Å². The first-order valence-corrected chi connectivity index (χ1v) is 16.8. The number of hydrogen-bond acceptors (Lipinski definition) is 1. The zero-order valence-corrected chi connectivity index (χ0v) is 26.6. The Bertz CT molecular complexity index is 800. The Hall–Kier alpha value is -0.0400. The maximum atomic E-state index is 5.67. The number of rotatable bonds is 5. The summed E-state index contributed by atoms with van der Waals surface area (Å²) in [6.07, 6.45) is 22.4. The van der Waals surface area contributed by atoms with Crippen LogP contribution in [0.25, 0.3) is 0 Å². The Morgan fingerprint density at radius 3 is 2.08 bits per heavy atom. The van der Waals surface area contributed by atoms with Gasteiger partial charge in [-0.15, -0.1) is 0 Å². The maximum absolute atomic E-state index is 5.67. The number of methoxy groups -OCH3 is 1. The summed E-state index contributed by atoms with van der Waals surface area (Å²) in [5.41, 5.74) is 2.77. The van der Waals surface area contributed by atoms with E-state index in [1.165, 1.54) is 83.5 Å². The monoisotopic (exact) mass is 512 g/mol. The molecule has 0 amide bonds. The molecule has 5 fully saturated rings. The van der Waals surface area contributed by atoms with Crippen LogP contribution in [0.2, 0.25) is 0 Å². The zero-order valence-electron chi connectivity index (χ0n) is 26.6. The Morgan fingerprint density at radius 2 is 1.43 bits per heavy atom. The summed E-state index contributed by atoms with van der Waals surface area (Å²) in [6.45, 7) is 21.0. The second-order valence-electron chi connectivity index (χ2n) is 17.7. The van der Waals surface area contributed by atoms with E-state index in [0.717, 1.165) is 35.5 Å². The Labute approximate surface area is 232 Å². The van der Waals surface area contributed by atoms with Crippen molar-refractivity contribution in [2.45, 2.75) is 158 Å². The summed E-state index contributed by atoms with van der Waals surface area (Å²) < 4.78 is 5.67. The van der Waals surface area contributed by atoms with Gasteiger partial charge in [0, 0.05) is 7.11 Å². The van der Waals surface area contributed by atoms with E-state index in [1.807, 2.05) is 7.11 Å². The van der Waals surface area contributed by atoms with Crippen LogP contribution in [0.5, 0.6) is 0 Å². The van der Waals surface area contributed by atoms with Crippen LogP contribution in [0.4, 0.5) is 0 Å². The summed E-state index contributed by atoms with van der Waals surface area (Å²) in [4.78, 5) is 0. The third-order valence-corrected chi connectivity index (χ3v) is 15.2. The van der Waals surface area contributed by atoms with Crippen LogP contribution in [-0.4, -0.2) is 13.2 Å². The van der Waals surface area contributed by atoms with E-state index in [-0.39, 0.29) is 0 Å². The molecule has 214 valence electrons. The minimum absolute atomic E-state index is 0.436. The first kappa shape index (κ1) is 28.5. The van der Waals surface area contributed by atoms with Gasteiger partial charge in [0.15, 0.2) is 0 Å². The maximum Gasteiger partial charge on any atom is 0.0571 e. The summed E-state index contributed by atoms with van der Waals surface area (Å²) in [6, 6.07) is 0. The molecule has 1 heteroatoms. The lowest BCUT2D eigenvalue weighted by atomic mass is 9.41. The molecule has 0 unspecified atom stereocenters. The van der Waals surface area contributed by atoms with Crippen molar-refractivity contribution in [3.63, 3.8) is 0 Å². The molecule has 5 aliphatic rings. The van der Waals surface area contributed by atoms with Crippen LogP contribution in [0.1, 0.15) is 152 Å². The third kappa shape index (κ3) is 4.80. The van der Waals surface area contributed by atoms with Crippen LogP contribution in [0.3, 0.4) is 0 Å². The van der Waals surface area contributed by atoms with Gasteiger partial charge in [0.2, 0.25) is 0 Å². The van der Waals surface area contributed by atoms with E-state index >= 15 is 0 Å². The molecule has 1 nitrogen and oxygen atoms in total. The van der Waals surface area contributed by atoms with E-state index in [0.29, 0.717) is 33.2 Å². The third-order valence-electron chi connectivity index (χ3n) is 15.2. The quantitative estimate of drug-likeness (QED) is 0.356. The van der Waals surface area contributed by atoms with E-state index in [2.05, 4.69) is 55.4 Å². The molecule has 5 aliphatic carbocycles. The largest absolute Gasteiger partial charge is 0.381 e. The smallest absolute Gasteiger partial charge is 0.0571 e. The summed E-state index contributed by atoms with van der Waals surface area (Å²) in [5, 5.41) is 0. The molecular formula is C36H64O. The van der Waals surface area contributed by atoms with Crippen molar-refractivity contribution >= 4 is 0 Å². The van der Waals surface area contributed by atoms with Gasteiger partial charge in [-0.2, -0.15) is 0 Å². The van der Waals surface area contributed by atoms with Gasteiger partial charge >= 0.3 is 0 Å². The van der Waals surface area contributed by atoms with Gasteiger partial charge in [0.1, 0.15) is 0 Å². The Balaban J connectivity index is 1.24. The predicted molar refractivity (Wildman–Crippen MR) is 159 cm³/mol. The molecule has 0 spiro atoms. The molecule has 5 saturated carbocycles. The molecule has 0 radical (unpaired) electrons. The number of fused-ring (bicyclic) bond motifs is 5. The highest BCUT2D eigenvalue weighted by atomic mass is 16.5. The van der Waals surface area contributed by atoms with E-state index in [9.17, 15) is 0 Å². The molecule has 0 aromatic rings. The Kier molecular flexibility index (Phi) is 7.55. The van der Waals surface area contributed by atoms with Crippen LogP contribution in [-0.2, 0) is 4.74 Å². The highest BCUT2D eigenvalue weighted by molar-refractivity contribution is 5.11. The van der Waals surface area contributed by atoms with Crippen molar-refractivity contribution in [1.29, 1.82) is 0 Å². The molecule has 9 atom stereocenters. The second kappa shape index (κ2) is 9.80. The van der Waals surface area contributed by atoms with Crippen LogP contribution in [0, 0.1) is 62.6 Å². The lowest BCUT2D eigenvalue weighted by Crippen LogP contribution is -2.55. The van der Waals surface area contributed by atoms with Crippen molar-refractivity contribution in [2.75, 3.05) is 7.11 Å². The molecule has 0 N–H and O–H groups in total. The fourth-order valence-electron chi connectivity index (χ4n) is 11.7. The first-order valence-electron chi connectivity index (χ1n) is 16.8. The first-order chi connectivity index (χ1) is 17.2. The zero-order chi connectivity index (χ0) is 26.9.